The second kappa shape index (κ2) is 5.09. The summed E-state index contributed by atoms with van der Waals surface area (Å²) in [6.45, 7) is 5.09. The molecule has 0 amide bonds. The fourth-order valence-electron chi connectivity index (χ4n) is 1.79. The second-order valence-electron chi connectivity index (χ2n) is 5.20. The van der Waals surface area contributed by atoms with Crippen molar-refractivity contribution in [3.8, 4) is 11.5 Å². The maximum atomic E-state index is 11.3. The van der Waals surface area contributed by atoms with E-state index < -0.39 is 16.9 Å². The average Bonchev–Trinajstić information content (AvgIpc) is 2.37. The number of hydrogen-bond acceptors (Lipinski definition) is 4. The van der Waals surface area contributed by atoms with Gasteiger partial charge in [0.15, 0.2) is 11.5 Å². The van der Waals surface area contributed by atoms with Crippen molar-refractivity contribution in [2.24, 2.45) is 5.73 Å². The number of benzene rings is 1. The molecule has 5 heteroatoms. The highest BCUT2D eigenvalue weighted by Crippen LogP contribution is 2.38. The van der Waals surface area contributed by atoms with Crippen LogP contribution in [0.1, 0.15) is 26.3 Å². The van der Waals surface area contributed by atoms with Gasteiger partial charge in [0.25, 0.3) is 0 Å². The van der Waals surface area contributed by atoms with Gasteiger partial charge in [-0.1, -0.05) is 19.9 Å². The van der Waals surface area contributed by atoms with Gasteiger partial charge >= 0.3 is 5.97 Å². The molecule has 0 bridgehead atoms. The summed E-state index contributed by atoms with van der Waals surface area (Å²) in [7, 11) is 3.08. The molecule has 0 unspecified atom stereocenters. The molecular weight excluding hydrogens is 246 g/mol. The van der Waals surface area contributed by atoms with E-state index in [2.05, 4.69) is 0 Å². The summed E-state index contributed by atoms with van der Waals surface area (Å²) in [6, 6.07) is 5.30. The van der Waals surface area contributed by atoms with E-state index in [0.29, 0.717) is 11.5 Å². The van der Waals surface area contributed by atoms with Crippen molar-refractivity contribution < 1.29 is 19.4 Å². The molecule has 0 saturated heterocycles. The molecule has 0 fully saturated rings. The van der Waals surface area contributed by atoms with Crippen LogP contribution in [0.25, 0.3) is 0 Å². The van der Waals surface area contributed by atoms with E-state index in [1.165, 1.54) is 14.0 Å². The highest BCUT2D eigenvalue weighted by Gasteiger charge is 2.45. The summed E-state index contributed by atoms with van der Waals surface area (Å²) in [5, 5.41) is 9.28. The molecular formula is C14H21NO4. The minimum Gasteiger partial charge on any atom is -0.493 e. The average molecular weight is 267 g/mol. The lowest BCUT2D eigenvalue weighted by Gasteiger charge is -2.38. The van der Waals surface area contributed by atoms with E-state index in [1.807, 2.05) is 0 Å². The highest BCUT2D eigenvalue weighted by atomic mass is 16.5. The van der Waals surface area contributed by atoms with E-state index >= 15 is 0 Å². The maximum absolute atomic E-state index is 11.3. The first-order valence-electron chi connectivity index (χ1n) is 5.93. The first-order valence-corrected chi connectivity index (χ1v) is 5.93. The van der Waals surface area contributed by atoms with Crippen LogP contribution in [0, 0.1) is 0 Å². The van der Waals surface area contributed by atoms with Crippen LogP contribution in [-0.4, -0.2) is 30.8 Å². The summed E-state index contributed by atoms with van der Waals surface area (Å²) in [5.74, 6) is 0.0950. The Balaban J connectivity index is 3.33. The van der Waals surface area contributed by atoms with Crippen LogP contribution in [0.2, 0.25) is 0 Å². The number of aliphatic carboxylic acids is 1. The van der Waals surface area contributed by atoms with Gasteiger partial charge in [0, 0.05) is 5.41 Å². The van der Waals surface area contributed by atoms with Gasteiger partial charge in [0.2, 0.25) is 0 Å². The normalized spacial score (nSPS) is 14.6. The second-order valence-corrected chi connectivity index (χ2v) is 5.20. The quantitative estimate of drug-likeness (QED) is 0.850. The van der Waals surface area contributed by atoms with E-state index in [-0.39, 0.29) is 0 Å². The lowest BCUT2D eigenvalue weighted by atomic mass is 9.69. The van der Waals surface area contributed by atoms with Crippen LogP contribution in [0.15, 0.2) is 18.2 Å². The van der Waals surface area contributed by atoms with Crippen LogP contribution in [0.5, 0.6) is 11.5 Å². The fourth-order valence-corrected chi connectivity index (χ4v) is 1.79. The Hall–Kier alpha value is -1.75. The lowest BCUT2D eigenvalue weighted by molar-refractivity contribution is -0.145. The summed E-state index contributed by atoms with van der Waals surface area (Å²) >= 11 is 0. The van der Waals surface area contributed by atoms with Crippen molar-refractivity contribution in [2.75, 3.05) is 14.2 Å². The highest BCUT2D eigenvalue weighted by molar-refractivity contribution is 5.80. The fraction of sp³-hybridized carbons (Fsp3) is 0.500. The molecule has 0 aromatic heterocycles. The van der Waals surface area contributed by atoms with E-state index in [4.69, 9.17) is 15.2 Å². The Morgan fingerprint density at radius 2 is 1.68 bits per heavy atom. The third kappa shape index (κ3) is 2.51. The smallest absolute Gasteiger partial charge is 0.324 e. The summed E-state index contributed by atoms with van der Waals surface area (Å²) in [6.07, 6.45) is 0. The predicted molar refractivity (Wildman–Crippen MR) is 72.8 cm³/mol. The van der Waals surface area contributed by atoms with Crippen LogP contribution in [0.4, 0.5) is 0 Å². The topological polar surface area (TPSA) is 81.8 Å². The van der Waals surface area contributed by atoms with Gasteiger partial charge in [-0.15, -0.1) is 0 Å². The third-order valence-electron chi connectivity index (χ3n) is 3.85. The zero-order chi connectivity index (χ0) is 14.8. The Morgan fingerprint density at radius 1 is 1.16 bits per heavy atom. The number of nitrogens with two attached hydrogens (primary N) is 1. The summed E-state index contributed by atoms with van der Waals surface area (Å²) < 4.78 is 10.4. The number of hydrogen-bond donors (Lipinski definition) is 2. The van der Waals surface area contributed by atoms with Gasteiger partial charge in [-0.05, 0) is 24.6 Å². The molecule has 0 spiro atoms. The monoisotopic (exact) mass is 267 g/mol. The van der Waals surface area contributed by atoms with E-state index in [9.17, 15) is 9.90 Å². The Labute approximate surface area is 113 Å². The predicted octanol–water partition coefficient (Wildman–Crippen LogP) is 1.78. The number of methoxy groups -OCH3 is 2. The number of carbonyl (C=O) groups is 1. The number of carboxylic acids is 1. The van der Waals surface area contributed by atoms with Gasteiger partial charge < -0.3 is 20.3 Å². The molecule has 1 aromatic rings. The largest absolute Gasteiger partial charge is 0.493 e. The SMILES string of the molecule is COc1ccc(C(C)(C)[C@](C)(N)C(=O)O)cc1OC. The van der Waals surface area contributed by atoms with Crippen molar-refractivity contribution in [3.63, 3.8) is 0 Å². The minimum atomic E-state index is -1.40. The van der Waals surface area contributed by atoms with Crippen LogP contribution < -0.4 is 15.2 Å². The van der Waals surface area contributed by atoms with Crippen LogP contribution >= 0.6 is 0 Å². The molecule has 19 heavy (non-hydrogen) atoms. The first kappa shape index (κ1) is 15.3. The van der Waals surface area contributed by atoms with Gasteiger partial charge in [-0.25, -0.2) is 0 Å². The van der Waals surface area contributed by atoms with Crippen LogP contribution in [-0.2, 0) is 10.2 Å². The molecule has 0 saturated carbocycles. The molecule has 3 N–H and O–H groups in total. The summed E-state index contributed by atoms with van der Waals surface area (Å²) in [4.78, 5) is 11.3. The molecule has 1 atom stereocenters. The Morgan fingerprint density at radius 3 is 2.11 bits per heavy atom. The molecule has 0 aliphatic carbocycles. The van der Waals surface area contributed by atoms with Gasteiger partial charge in [0.1, 0.15) is 5.54 Å². The zero-order valence-electron chi connectivity index (χ0n) is 12.0. The maximum Gasteiger partial charge on any atom is 0.324 e. The van der Waals surface area contributed by atoms with Crippen molar-refractivity contribution in [1.82, 2.24) is 0 Å². The molecule has 0 radical (unpaired) electrons. The number of rotatable bonds is 5. The minimum absolute atomic E-state index is 0.550. The molecule has 0 aliphatic rings. The molecule has 106 valence electrons. The van der Waals surface area contributed by atoms with Crippen molar-refractivity contribution in [2.45, 2.75) is 31.7 Å². The molecule has 0 aliphatic heterocycles. The Kier molecular flexibility index (Phi) is 4.10. The van der Waals surface area contributed by atoms with Crippen LogP contribution in [0.3, 0.4) is 0 Å². The van der Waals surface area contributed by atoms with E-state index in [1.54, 1.807) is 39.2 Å². The number of ether oxygens (including phenoxy) is 2. The first-order chi connectivity index (χ1) is 8.68. The molecule has 1 rings (SSSR count). The van der Waals surface area contributed by atoms with Crippen molar-refractivity contribution in [3.05, 3.63) is 23.8 Å². The van der Waals surface area contributed by atoms with Gasteiger partial charge in [-0.3, -0.25) is 4.79 Å². The Bertz CT molecular complexity index is 480. The third-order valence-corrected chi connectivity index (χ3v) is 3.85. The van der Waals surface area contributed by atoms with E-state index in [0.717, 1.165) is 5.56 Å². The summed E-state index contributed by atoms with van der Waals surface area (Å²) in [5.41, 5.74) is 4.57. The number of carboxylic acid groups (broad SMARTS) is 1. The van der Waals surface area contributed by atoms with Crippen molar-refractivity contribution in [1.29, 1.82) is 0 Å². The molecule has 5 nitrogen and oxygen atoms in total. The van der Waals surface area contributed by atoms with Crippen molar-refractivity contribution >= 4 is 5.97 Å². The lowest BCUT2D eigenvalue weighted by Crippen LogP contribution is -2.58. The van der Waals surface area contributed by atoms with Gasteiger partial charge in [0.05, 0.1) is 14.2 Å². The molecule has 0 heterocycles. The standard InChI is InChI=1S/C14H21NO4/c1-13(2,14(3,15)12(16)17)9-6-7-10(18-4)11(8-9)19-5/h6-8H,15H2,1-5H3,(H,16,17)/t14-/m1/s1. The zero-order valence-corrected chi connectivity index (χ0v) is 12.0. The molecule has 1 aromatic carbocycles. The van der Waals surface area contributed by atoms with Gasteiger partial charge in [-0.2, -0.15) is 0 Å².